The van der Waals surface area contributed by atoms with E-state index in [9.17, 15) is 0 Å². The molecule has 1 aromatic carbocycles. The van der Waals surface area contributed by atoms with Crippen molar-refractivity contribution in [3.8, 4) is 0 Å². The molecule has 1 aliphatic heterocycles. The average molecular weight is 259 g/mol. The van der Waals surface area contributed by atoms with E-state index in [1.54, 1.807) is 0 Å². The van der Waals surface area contributed by atoms with Crippen LogP contribution in [-0.2, 0) is 6.54 Å². The monoisotopic (exact) mass is 259 g/mol. The third kappa shape index (κ3) is 3.98. The van der Waals surface area contributed by atoms with E-state index < -0.39 is 0 Å². The van der Waals surface area contributed by atoms with Gasteiger partial charge in [-0.25, -0.2) is 0 Å². The van der Waals surface area contributed by atoms with Crippen LogP contribution in [0.25, 0.3) is 0 Å². The fraction of sp³-hybridized carbons (Fsp3) is 0.562. The summed E-state index contributed by atoms with van der Waals surface area (Å²) < 4.78 is 0. The second-order valence-corrected chi connectivity index (χ2v) is 5.56. The minimum atomic E-state index is 0.848. The van der Waals surface area contributed by atoms with Crippen molar-refractivity contribution in [3.63, 3.8) is 0 Å². The summed E-state index contributed by atoms with van der Waals surface area (Å²) in [4.78, 5) is 6.78. The number of aryl methyl sites for hydroxylation is 1. The van der Waals surface area contributed by atoms with Crippen molar-refractivity contribution in [2.75, 3.05) is 20.1 Å². The van der Waals surface area contributed by atoms with Crippen LogP contribution in [0, 0.1) is 12.8 Å². The second kappa shape index (κ2) is 6.60. The summed E-state index contributed by atoms with van der Waals surface area (Å²) in [7, 11) is 1.87. The zero-order chi connectivity index (χ0) is 13.7. The van der Waals surface area contributed by atoms with Crippen molar-refractivity contribution in [2.24, 2.45) is 10.9 Å². The Morgan fingerprint density at radius 2 is 2.11 bits per heavy atom. The lowest BCUT2D eigenvalue weighted by atomic mass is 9.99. The van der Waals surface area contributed by atoms with Gasteiger partial charge in [-0.1, -0.05) is 36.8 Å². The summed E-state index contributed by atoms with van der Waals surface area (Å²) in [5, 5.41) is 3.47. The molecule has 2 rings (SSSR count). The molecule has 1 heterocycles. The van der Waals surface area contributed by atoms with Crippen molar-refractivity contribution in [1.82, 2.24) is 10.2 Å². The SMILES string of the molecule is CN=C(NCc1cccc(C)c1)N1CCC(C)CC1. The van der Waals surface area contributed by atoms with Gasteiger partial charge in [0.15, 0.2) is 5.96 Å². The van der Waals surface area contributed by atoms with Crippen LogP contribution in [0.5, 0.6) is 0 Å². The molecule has 3 nitrogen and oxygen atoms in total. The zero-order valence-corrected chi connectivity index (χ0v) is 12.3. The number of aliphatic imine (C=N–C) groups is 1. The highest BCUT2D eigenvalue weighted by Crippen LogP contribution is 2.16. The third-order valence-electron chi connectivity index (χ3n) is 3.83. The lowest BCUT2D eigenvalue weighted by Gasteiger charge is -2.32. The molecular formula is C16H25N3. The minimum absolute atomic E-state index is 0.848. The van der Waals surface area contributed by atoms with Crippen molar-refractivity contribution in [1.29, 1.82) is 0 Å². The van der Waals surface area contributed by atoms with E-state index in [0.29, 0.717) is 0 Å². The molecule has 19 heavy (non-hydrogen) atoms. The lowest BCUT2D eigenvalue weighted by Crippen LogP contribution is -2.45. The molecule has 1 saturated heterocycles. The lowest BCUT2D eigenvalue weighted by molar-refractivity contribution is 0.273. The molecule has 0 amide bonds. The zero-order valence-electron chi connectivity index (χ0n) is 12.3. The van der Waals surface area contributed by atoms with E-state index in [-0.39, 0.29) is 0 Å². The Bertz CT molecular complexity index is 431. The molecule has 0 unspecified atom stereocenters. The van der Waals surface area contributed by atoms with Crippen LogP contribution in [0.4, 0.5) is 0 Å². The van der Waals surface area contributed by atoms with Crippen LogP contribution >= 0.6 is 0 Å². The van der Waals surface area contributed by atoms with Crippen LogP contribution in [0.3, 0.4) is 0 Å². The molecule has 0 aromatic heterocycles. The summed E-state index contributed by atoms with van der Waals surface area (Å²) in [6, 6.07) is 8.62. The maximum Gasteiger partial charge on any atom is 0.193 e. The Hall–Kier alpha value is -1.51. The average Bonchev–Trinajstić information content (AvgIpc) is 2.41. The van der Waals surface area contributed by atoms with E-state index in [2.05, 4.69) is 53.3 Å². The number of hydrogen-bond donors (Lipinski definition) is 1. The largest absolute Gasteiger partial charge is 0.352 e. The van der Waals surface area contributed by atoms with E-state index >= 15 is 0 Å². The fourth-order valence-corrected chi connectivity index (χ4v) is 2.56. The van der Waals surface area contributed by atoms with E-state index in [0.717, 1.165) is 31.5 Å². The molecule has 0 aliphatic carbocycles. The summed E-state index contributed by atoms with van der Waals surface area (Å²) in [6.45, 7) is 7.55. The number of benzene rings is 1. The summed E-state index contributed by atoms with van der Waals surface area (Å²) >= 11 is 0. The molecule has 104 valence electrons. The number of piperidine rings is 1. The standard InChI is InChI=1S/C16H25N3/c1-13-7-9-19(10-8-13)16(17-3)18-12-15-6-4-5-14(2)11-15/h4-6,11,13H,7-10,12H2,1-3H3,(H,17,18). The number of guanidine groups is 1. The molecule has 0 spiro atoms. The number of nitrogens with zero attached hydrogens (tertiary/aromatic N) is 2. The predicted octanol–water partition coefficient (Wildman–Crippen LogP) is 2.80. The van der Waals surface area contributed by atoms with Gasteiger partial charge in [0.05, 0.1) is 0 Å². The second-order valence-electron chi connectivity index (χ2n) is 5.56. The first-order valence-corrected chi connectivity index (χ1v) is 7.20. The number of rotatable bonds is 2. The van der Waals surface area contributed by atoms with Gasteiger partial charge in [0, 0.05) is 26.7 Å². The van der Waals surface area contributed by atoms with Crippen molar-refractivity contribution in [2.45, 2.75) is 33.2 Å². The normalized spacial score (nSPS) is 17.6. The molecule has 0 atom stereocenters. The van der Waals surface area contributed by atoms with Crippen molar-refractivity contribution >= 4 is 5.96 Å². The molecule has 1 aromatic rings. The first-order chi connectivity index (χ1) is 9.19. The van der Waals surface area contributed by atoms with Gasteiger partial charge in [0.2, 0.25) is 0 Å². The van der Waals surface area contributed by atoms with Gasteiger partial charge in [-0.05, 0) is 31.2 Å². The minimum Gasteiger partial charge on any atom is -0.352 e. The van der Waals surface area contributed by atoms with Crippen LogP contribution in [0.1, 0.15) is 30.9 Å². The first-order valence-electron chi connectivity index (χ1n) is 7.20. The van der Waals surface area contributed by atoms with Gasteiger partial charge in [0.25, 0.3) is 0 Å². The highest BCUT2D eigenvalue weighted by atomic mass is 15.3. The smallest absolute Gasteiger partial charge is 0.193 e. The first kappa shape index (κ1) is 13.9. The third-order valence-corrected chi connectivity index (χ3v) is 3.83. The highest BCUT2D eigenvalue weighted by Gasteiger charge is 2.18. The Kier molecular flexibility index (Phi) is 4.83. The molecule has 0 bridgehead atoms. The number of nitrogens with one attached hydrogen (secondary N) is 1. The molecule has 1 N–H and O–H groups in total. The van der Waals surface area contributed by atoms with Crippen LogP contribution < -0.4 is 5.32 Å². The van der Waals surface area contributed by atoms with Crippen LogP contribution in [-0.4, -0.2) is 31.0 Å². The molecular weight excluding hydrogens is 234 g/mol. The van der Waals surface area contributed by atoms with Gasteiger partial charge in [-0.2, -0.15) is 0 Å². The van der Waals surface area contributed by atoms with E-state index in [4.69, 9.17) is 0 Å². The number of hydrogen-bond acceptors (Lipinski definition) is 1. The summed E-state index contributed by atoms with van der Waals surface area (Å²) in [5.41, 5.74) is 2.62. The molecule has 0 radical (unpaired) electrons. The Morgan fingerprint density at radius 3 is 2.74 bits per heavy atom. The molecule has 1 aliphatic rings. The molecule has 3 heteroatoms. The predicted molar refractivity (Wildman–Crippen MR) is 81.3 cm³/mol. The topological polar surface area (TPSA) is 27.6 Å². The van der Waals surface area contributed by atoms with Crippen molar-refractivity contribution < 1.29 is 0 Å². The van der Waals surface area contributed by atoms with E-state index in [1.165, 1.54) is 24.0 Å². The van der Waals surface area contributed by atoms with Gasteiger partial charge in [-0.15, -0.1) is 0 Å². The van der Waals surface area contributed by atoms with Gasteiger partial charge < -0.3 is 10.2 Å². The van der Waals surface area contributed by atoms with Crippen LogP contribution in [0.15, 0.2) is 29.3 Å². The maximum absolute atomic E-state index is 4.41. The quantitative estimate of drug-likeness (QED) is 0.653. The Labute approximate surface area is 116 Å². The van der Waals surface area contributed by atoms with Gasteiger partial charge in [-0.3, -0.25) is 4.99 Å². The Balaban J connectivity index is 1.89. The van der Waals surface area contributed by atoms with E-state index in [1.807, 2.05) is 7.05 Å². The van der Waals surface area contributed by atoms with Gasteiger partial charge in [0.1, 0.15) is 0 Å². The maximum atomic E-state index is 4.41. The molecule has 1 fully saturated rings. The Morgan fingerprint density at radius 1 is 1.37 bits per heavy atom. The van der Waals surface area contributed by atoms with Gasteiger partial charge >= 0.3 is 0 Å². The highest BCUT2D eigenvalue weighted by molar-refractivity contribution is 5.79. The molecule has 0 saturated carbocycles. The summed E-state index contributed by atoms with van der Waals surface area (Å²) in [5.74, 6) is 1.89. The summed E-state index contributed by atoms with van der Waals surface area (Å²) in [6.07, 6.45) is 2.54. The van der Waals surface area contributed by atoms with Crippen molar-refractivity contribution in [3.05, 3.63) is 35.4 Å². The fourth-order valence-electron chi connectivity index (χ4n) is 2.56. The number of likely N-dealkylation sites (tertiary alicyclic amines) is 1. The van der Waals surface area contributed by atoms with Crippen LogP contribution in [0.2, 0.25) is 0 Å².